The topological polar surface area (TPSA) is 68.8 Å². The molecular formula is C18H20N6O. The van der Waals surface area contributed by atoms with Crippen LogP contribution in [-0.2, 0) is 19.5 Å². The molecule has 4 heterocycles. The van der Waals surface area contributed by atoms with Gasteiger partial charge in [-0.05, 0) is 24.6 Å². The molecule has 1 aliphatic heterocycles. The van der Waals surface area contributed by atoms with Crippen LogP contribution in [0.2, 0.25) is 0 Å². The van der Waals surface area contributed by atoms with E-state index in [-0.39, 0.29) is 5.91 Å². The predicted molar refractivity (Wildman–Crippen MR) is 92.1 cm³/mol. The molecule has 0 aliphatic carbocycles. The van der Waals surface area contributed by atoms with Gasteiger partial charge in [-0.15, -0.1) is 0 Å². The molecule has 25 heavy (non-hydrogen) atoms. The Morgan fingerprint density at radius 1 is 1.20 bits per heavy atom. The lowest BCUT2D eigenvalue weighted by molar-refractivity contribution is 0.0758. The maximum Gasteiger partial charge on any atom is 0.255 e. The highest BCUT2D eigenvalue weighted by atomic mass is 16.2. The molecule has 0 N–H and O–H groups in total. The number of rotatable bonds is 3. The summed E-state index contributed by atoms with van der Waals surface area (Å²) in [5.41, 5.74) is 2.76. The first-order chi connectivity index (χ1) is 12.2. The Bertz CT molecular complexity index is 883. The van der Waals surface area contributed by atoms with Gasteiger partial charge >= 0.3 is 0 Å². The fraction of sp³-hybridized carbons (Fsp3) is 0.333. The first kappa shape index (κ1) is 15.6. The molecule has 3 aromatic rings. The number of imidazole rings is 1. The van der Waals surface area contributed by atoms with Gasteiger partial charge < -0.3 is 9.47 Å². The SMILES string of the molecule is Cc1cncc(C(=O)N2CCc3ncc(Cn4cccn4)n3CC2)c1. The maximum absolute atomic E-state index is 12.8. The van der Waals surface area contributed by atoms with Crippen LogP contribution in [0.1, 0.15) is 27.4 Å². The average Bonchev–Trinajstić information content (AvgIpc) is 3.20. The summed E-state index contributed by atoms with van der Waals surface area (Å²) in [6, 6.07) is 3.80. The normalized spacial score (nSPS) is 14.2. The van der Waals surface area contributed by atoms with Crippen LogP contribution in [0.4, 0.5) is 0 Å². The van der Waals surface area contributed by atoms with Crippen molar-refractivity contribution in [1.29, 1.82) is 0 Å². The molecule has 0 unspecified atom stereocenters. The first-order valence-electron chi connectivity index (χ1n) is 8.42. The highest BCUT2D eigenvalue weighted by molar-refractivity contribution is 5.94. The van der Waals surface area contributed by atoms with Crippen molar-refractivity contribution < 1.29 is 4.79 Å². The van der Waals surface area contributed by atoms with E-state index >= 15 is 0 Å². The van der Waals surface area contributed by atoms with Crippen LogP contribution in [0.25, 0.3) is 0 Å². The summed E-state index contributed by atoms with van der Waals surface area (Å²) in [7, 11) is 0. The molecule has 0 fully saturated rings. The summed E-state index contributed by atoms with van der Waals surface area (Å²) < 4.78 is 4.10. The molecule has 0 radical (unpaired) electrons. The van der Waals surface area contributed by atoms with Gasteiger partial charge in [0.2, 0.25) is 0 Å². The van der Waals surface area contributed by atoms with Crippen molar-refractivity contribution in [1.82, 2.24) is 29.2 Å². The zero-order chi connectivity index (χ0) is 17.2. The smallest absolute Gasteiger partial charge is 0.255 e. The number of hydrogen-bond acceptors (Lipinski definition) is 4. The van der Waals surface area contributed by atoms with E-state index < -0.39 is 0 Å². The van der Waals surface area contributed by atoms with Crippen molar-refractivity contribution in [3.8, 4) is 0 Å². The van der Waals surface area contributed by atoms with E-state index in [2.05, 4.69) is 19.6 Å². The molecule has 7 heteroatoms. The van der Waals surface area contributed by atoms with Gasteiger partial charge in [0.1, 0.15) is 5.82 Å². The van der Waals surface area contributed by atoms with Gasteiger partial charge in [0.15, 0.2) is 0 Å². The predicted octanol–water partition coefficient (Wildman–Crippen LogP) is 1.53. The van der Waals surface area contributed by atoms with Gasteiger partial charge in [-0.25, -0.2) is 4.98 Å². The first-order valence-corrected chi connectivity index (χ1v) is 8.42. The number of carbonyl (C=O) groups excluding carboxylic acids is 1. The molecule has 0 saturated carbocycles. The number of aromatic nitrogens is 5. The summed E-state index contributed by atoms with van der Waals surface area (Å²) in [4.78, 5) is 23.3. The molecule has 1 aliphatic rings. The number of fused-ring (bicyclic) bond motifs is 1. The van der Waals surface area contributed by atoms with E-state index in [1.807, 2.05) is 41.0 Å². The third-order valence-corrected chi connectivity index (χ3v) is 4.51. The summed E-state index contributed by atoms with van der Waals surface area (Å²) in [6.45, 7) is 4.73. The number of aryl methyl sites for hydroxylation is 1. The minimum atomic E-state index is 0.0376. The number of hydrogen-bond donors (Lipinski definition) is 0. The minimum absolute atomic E-state index is 0.0376. The van der Waals surface area contributed by atoms with Crippen LogP contribution < -0.4 is 0 Å². The molecule has 0 bridgehead atoms. The van der Waals surface area contributed by atoms with E-state index in [0.29, 0.717) is 25.2 Å². The number of amides is 1. The van der Waals surface area contributed by atoms with Crippen molar-refractivity contribution in [3.05, 3.63) is 65.8 Å². The average molecular weight is 336 g/mol. The molecule has 0 saturated heterocycles. The molecule has 7 nitrogen and oxygen atoms in total. The summed E-state index contributed by atoms with van der Waals surface area (Å²) >= 11 is 0. The fourth-order valence-electron chi connectivity index (χ4n) is 3.24. The second-order valence-corrected chi connectivity index (χ2v) is 6.31. The Labute approximate surface area is 145 Å². The Kier molecular flexibility index (Phi) is 4.05. The number of nitrogens with zero attached hydrogens (tertiary/aromatic N) is 6. The largest absolute Gasteiger partial charge is 0.336 e. The highest BCUT2D eigenvalue weighted by Gasteiger charge is 2.22. The van der Waals surface area contributed by atoms with Crippen LogP contribution in [0, 0.1) is 6.92 Å². The number of pyridine rings is 1. The van der Waals surface area contributed by atoms with Crippen LogP contribution in [-0.4, -0.2) is 48.2 Å². The lowest BCUT2D eigenvalue weighted by Gasteiger charge is -2.20. The Hall–Kier alpha value is -2.96. The van der Waals surface area contributed by atoms with Gasteiger partial charge in [0.05, 0.1) is 24.0 Å². The van der Waals surface area contributed by atoms with Crippen molar-refractivity contribution in [2.24, 2.45) is 0 Å². The third kappa shape index (κ3) is 3.17. The summed E-state index contributed by atoms with van der Waals surface area (Å²) in [6.07, 6.45) is 9.79. The zero-order valence-electron chi connectivity index (χ0n) is 14.2. The van der Waals surface area contributed by atoms with Crippen LogP contribution >= 0.6 is 0 Å². The van der Waals surface area contributed by atoms with Crippen LogP contribution in [0.3, 0.4) is 0 Å². The molecular weight excluding hydrogens is 316 g/mol. The summed E-state index contributed by atoms with van der Waals surface area (Å²) in [5.74, 6) is 1.07. The third-order valence-electron chi connectivity index (χ3n) is 4.51. The van der Waals surface area contributed by atoms with Gasteiger partial charge in [0, 0.05) is 50.8 Å². The Balaban J connectivity index is 1.50. The van der Waals surface area contributed by atoms with Gasteiger partial charge in [0.25, 0.3) is 5.91 Å². The summed E-state index contributed by atoms with van der Waals surface area (Å²) in [5, 5.41) is 4.26. The molecule has 1 amide bonds. The highest BCUT2D eigenvalue weighted by Crippen LogP contribution is 2.15. The van der Waals surface area contributed by atoms with E-state index in [1.165, 1.54) is 0 Å². The van der Waals surface area contributed by atoms with Gasteiger partial charge in [-0.1, -0.05) is 0 Å². The van der Waals surface area contributed by atoms with E-state index in [0.717, 1.165) is 30.0 Å². The van der Waals surface area contributed by atoms with Crippen molar-refractivity contribution in [3.63, 3.8) is 0 Å². The maximum atomic E-state index is 12.8. The zero-order valence-corrected chi connectivity index (χ0v) is 14.2. The van der Waals surface area contributed by atoms with Crippen molar-refractivity contribution >= 4 is 5.91 Å². The van der Waals surface area contributed by atoms with E-state index in [9.17, 15) is 4.79 Å². The second kappa shape index (κ2) is 6.51. The monoisotopic (exact) mass is 336 g/mol. The standard InChI is InChI=1S/C18H20N6O/c1-14-9-15(11-19-10-14)18(25)22-6-3-17-20-12-16(24(17)8-7-22)13-23-5-2-4-21-23/h2,4-5,9-12H,3,6-8,13H2,1H3. The quantitative estimate of drug-likeness (QED) is 0.727. The Morgan fingerprint density at radius 2 is 2.12 bits per heavy atom. The Morgan fingerprint density at radius 3 is 2.92 bits per heavy atom. The van der Waals surface area contributed by atoms with Crippen LogP contribution in [0.15, 0.2) is 43.1 Å². The van der Waals surface area contributed by atoms with E-state index in [4.69, 9.17) is 0 Å². The van der Waals surface area contributed by atoms with E-state index in [1.54, 1.807) is 18.6 Å². The molecule has 0 atom stereocenters. The fourth-order valence-corrected chi connectivity index (χ4v) is 3.24. The lowest BCUT2D eigenvalue weighted by atomic mass is 10.2. The van der Waals surface area contributed by atoms with Gasteiger partial charge in [-0.3, -0.25) is 14.5 Å². The lowest BCUT2D eigenvalue weighted by Crippen LogP contribution is -2.33. The van der Waals surface area contributed by atoms with Crippen LogP contribution in [0.5, 0.6) is 0 Å². The second-order valence-electron chi connectivity index (χ2n) is 6.31. The molecule has 128 valence electrons. The molecule has 0 aromatic carbocycles. The molecule has 4 rings (SSSR count). The number of carbonyl (C=O) groups is 1. The molecule has 3 aromatic heterocycles. The molecule has 0 spiro atoms. The van der Waals surface area contributed by atoms with Gasteiger partial charge in [-0.2, -0.15) is 5.10 Å². The van der Waals surface area contributed by atoms with Crippen molar-refractivity contribution in [2.75, 3.05) is 13.1 Å². The minimum Gasteiger partial charge on any atom is -0.336 e. The van der Waals surface area contributed by atoms with Crippen molar-refractivity contribution in [2.45, 2.75) is 26.4 Å².